The molecule has 0 spiro atoms. The van der Waals surface area contributed by atoms with Crippen LogP contribution in [0.1, 0.15) is 202 Å². The third kappa shape index (κ3) is 34.6. The first-order valence-electron chi connectivity index (χ1n) is 44.5. The summed E-state index contributed by atoms with van der Waals surface area (Å²) in [5.74, 6) is -14.6. The second kappa shape index (κ2) is 51.9. The minimum atomic E-state index is -2.01. The topological polar surface area (TPSA) is 596 Å². The number of amides is 15. The van der Waals surface area contributed by atoms with Crippen molar-refractivity contribution < 1.29 is 91.4 Å². The number of nitrogens with two attached hydrogens (primary N) is 4. The lowest BCUT2D eigenvalue weighted by Gasteiger charge is -2.39. The number of Topliss-reactive ketones (excluding diaryl/α,β-unsaturated/α-hetero) is 2. The summed E-state index contributed by atoms with van der Waals surface area (Å²) in [5, 5.41) is 48.7. The number of aromatic amines is 1. The Balaban J connectivity index is 1.55. The van der Waals surface area contributed by atoms with Crippen molar-refractivity contribution in [3.05, 3.63) is 113 Å². The number of carbonyl (C=O) groups is 17. The van der Waals surface area contributed by atoms with Gasteiger partial charge in [-0.25, -0.2) is 0 Å². The van der Waals surface area contributed by atoms with Crippen LogP contribution in [-0.4, -0.2) is 224 Å². The van der Waals surface area contributed by atoms with Gasteiger partial charge < -0.3 is 112 Å². The van der Waals surface area contributed by atoms with Gasteiger partial charge in [-0.1, -0.05) is 128 Å². The summed E-state index contributed by atoms with van der Waals surface area (Å²) in [6.45, 7) is 20.0. The molecule has 4 aromatic carbocycles. The Morgan fingerprint density at radius 3 is 1.81 bits per heavy atom. The number of aromatic nitrogens is 1. The number of aliphatic hydroxyl groups excluding tert-OH is 1. The molecule has 6 rings (SSSR count). The van der Waals surface area contributed by atoms with Gasteiger partial charge in [-0.05, 0) is 177 Å². The maximum atomic E-state index is 16.4. The summed E-state index contributed by atoms with van der Waals surface area (Å²) >= 11 is 0. The molecule has 2 heterocycles. The molecule has 718 valence electrons. The van der Waals surface area contributed by atoms with Gasteiger partial charge in [0.2, 0.25) is 88.6 Å². The zero-order valence-electron chi connectivity index (χ0n) is 77.1. The van der Waals surface area contributed by atoms with Crippen LogP contribution >= 0.6 is 21.6 Å². The van der Waals surface area contributed by atoms with Crippen LogP contribution in [0.4, 0.5) is 0 Å². The van der Waals surface area contributed by atoms with Crippen LogP contribution in [0.25, 0.3) is 21.7 Å². The first-order chi connectivity index (χ1) is 61.8. The van der Waals surface area contributed by atoms with Gasteiger partial charge in [-0.2, -0.15) is 0 Å². The highest BCUT2D eigenvalue weighted by atomic mass is 33.1. The normalized spacial score (nSPS) is 19.3. The molecule has 1 aromatic heterocycles. The number of carbonyl (C=O) groups excluding carboxylic acids is 17. The number of ketones is 2. The fraction of sp³-hybridized carbons (Fsp3) is 0.554. The molecule has 131 heavy (non-hydrogen) atoms. The van der Waals surface area contributed by atoms with E-state index in [1.165, 1.54) is 41.5 Å². The van der Waals surface area contributed by atoms with Crippen LogP contribution in [-0.2, 0) is 107 Å². The highest BCUT2D eigenvalue weighted by molar-refractivity contribution is 8.77. The van der Waals surface area contributed by atoms with Crippen molar-refractivity contribution in [3.8, 4) is 5.75 Å². The fourth-order valence-electron chi connectivity index (χ4n) is 15.0. The van der Waals surface area contributed by atoms with Crippen LogP contribution in [0.5, 0.6) is 5.75 Å². The number of nitrogens with one attached hydrogen (secondary N) is 14. The van der Waals surface area contributed by atoms with Gasteiger partial charge in [-0.15, -0.1) is 0 Å². The lowest BCUT2D eigenvalue weighted by Crippen LogP contribution is -2.65. The van der Waals surface area contributed by atoms with Gasteiger partial charge in [0.1, 0.15) is 84.1 Å². The molecule has 0 aliphatic carbocycles. The fourth-order valence-corrected chi connectivity index (χ4v) is 17.9. The molecule has 15 amide bonds. The lowest BCUT2D eigenvalue weighted by atomic mass is 9.91. The maximum Gasteiger partial charge on any atom is 0.246 e. The third-order valence-corrected chi connectivity index (χ3v) is 26.6. The smallest absolute Gasteiger partial charge is 0.246 e. The van der Waals surface area contributed by atoms with Gasteiger partial charge in [0, 0.05) is 79.2 Å². The van der Waals surface area contributed by atoms with Crippen molar-refractivity contribution in [2.75, 3.05) is 26.2 Å². The Morgan fingerprint density at radius 1 is 0.573 bits per heavy atom. The number of hydrogen-bond acceptors (Lipinski definition) is 23. The number of hydrogen-bond donors (Lipinski definition) is 19. The van der Waals surface area contributed by atoms with E-state index in [0.717, 1.165) is 51.8 Å². The van der Waals surface area contributed by atoms with Gasteiger partial charge in [0.15, 0.2) is 5.78 Å². The number of benzene rings is 4. The number of fused-ring (bicyclic) bond motifs is 2. The summed E-state index contributed by atoms with van der Waals surface area (Å²) in [6, 6.07) is 6.44. The van der Waals surface area contributed by atoms with Crippen molar-refractivity contribution >= 4 is 143 Å². The summed E-state index contributed by atoms with van der Waals surface area (Å²) in [6.07, 6.45) is -0.343. The summed E-state index contributed by atoms with van der Waals surface area (Å²) in [4.78, 5) is 248. The van der Waals surface area contributed by atoms with Crippen LogP contribution in [0.2, 0.25) is 0 Å². The zero-order chi connectivity index (χ0) is 97.2. The molecule has 39 heteroatoms. The minimum Gasteiger partial charge on any atom is -0.492 e. The monoisotopic (exact) mass is 1860 g/mol. The van der Waals surface area contributed by atoms with Crippen LogP contribution in [0.15, 0.2) is 91.1 Å². The first-order valence-corrected chi connectivity index (χ1v) is 46.6. The molecular formula is C92H134N18O19S2. The molecule has 1 aliphatic rings. The molecule has 0 unspecified atom stereocenters. The van der Waals surface area contributed by atoms with Crippen molar-refractivity contribution in [3.63, 3.8) is 0 Å². The van der Waals surface area contributed by atoms with Crippen LogP contribution in [0, 0.1) is 5.92 Å². The Bertz CT molecular complexity index is 4850. The van der Waals surface area contributed by atoms with Crippen molar-refractivity contribution in [2.45, 2.75) is 293 Å². The van der Waals surface area contributed by atoms with Gasteiger partial charge in [0.05, 0.1) is 25.0 Å². The molecule has 0 bridgehead atoms. The number of primary amides is 2. The SMILES string of the molecule is CCc1cccc2c(C[C@@H]3NC(=O)[C@H]([C@@H](C)O)NC(=O)[C@H](CC(N)=O)NC(=O)[C@@H](NC(C)=O)C(C)(C)SSC(C)(C)[C@@H](C(=O)N[C@@H](Cc4ccc(OCCN)cc4)C(=O)N[C@@H](Cc4ccc5ccccc5c4)C(=O)N[C@@](C)(CCCCN)C(=O)N[C@@H](CCCCNC(C)=O)C(=O)N[C@@H](CC(N)=O)C(=O)N[C@H](CC(C)C)C(C)=O)NC(=O)[C@H](CCCCCC(C)=O)NC3=O)c[nH]c12. The summed E-state index contributed by atoms with van der Waals surface area (Å²) in [5.41, 5.74) is 24.2. The number of para-hydroxylation sites is 1. The predicted molar refractivity (Wildman–Crippen MR) is 499 cm³/mol. The Labute approximate surface area is 772 Å². The van der Waals surface area contributed by atoms with E-state index < -0.39 is 189 Å². The summed E-state index contributed by atoms with van der Waals surface area (Å²) < 4.78 is 2.61. The number of H-pyrrole nitrogens is 1. The Kier molecular flexibility index (Phi) is 42.9. The zero-order valence-corrected chi connectivity index (χ0v) is 78.8. The standard InChI is InChI=1S/C92H134N18O19S2/c1-14-59-28-24-29-64-62(50-98-76(59)64)47-70-82(121)100-65(30-17-15-16-25-52(4)111)80(119)109-78(91(11,12)131-130-90(9,10)77(99-56(8)115)87(126)106-72(49-74(96)117)84(123)108-75(54(6)113)86(125)104-70)88(127)105-68(45-57-33-36-63(37-34-57)129-42-40-94)81(120)102-69(46-58-32-35-60-26-18-19-27-61(60)44-58)85(124)110-92(13,38-21-22-39-93)89(128)107-66(31-20-23-41-97-55(7)114)79(118)103-71(48-73(95)116)83(122)101-67(53(5)112)43-51(2)3/h18-19,24,26-29,32-37,44,50-51,54,65-72,75,77-78,98,113H,14-17,20-23,25,30-31,38-43,45-49,93-94H2,1-13H3,(H2,95,116)(H2,96,117)(H,97,114)(H,99,115)(H,100,121)(H,101,122)(H,102,120)(H,103,118)(H,104,125)(H,105,127)(H,106,126)(H,107,128)(H,108,123)(H,109,119)(H,110,124)/t54-,65+,66+,67-,68+,69+,70+,71+,72+,75+,77-,78-,92+/m1/s1. The van der Waals surface area contributed by atoms with E-state index >= 15 is 28.8 Å². The van der Waals surface area contributed by atoms with Crippen molar-refractivity contribution in [2.24, 2.45) is 28.9 Å². The maximum absolute atomic E-state index is 16.4. The predicted octanol–water partition coefficient (Wildman–Crippen LogP) is 2.17. The van der Waals surface area contributed by atoms with E-state index in [2.05, 4.69) is 74.1 Å². The molecule has 1 fully saturated rings. The van der Waals surface area contributed by atoms with E-state index in [0.29, 0.717) is 59.0 Å². The number of aliphatic hydroxyl groups is 1. The highest BCUT2D eigenvalue weighted by Crippen LogP contribution is 2.47. The van der Waals surface area contributed by atoms with E-state index in [9.17, 15) is 57.8 Å². The van der Waals surface area contributed by atoms with Crippen molar-refractivity contribution in [1.82, 2.24) is 74.1 Å². The van der Waals surface area contributed by atoms with Gasteiger partial charge >= 0.3 is 0 Å². The van der Waals surface area contributed by atoms with Gasteiger partial charge in [-0.3, -0.25) is 76.7 Å². The van der Waals surface area contributed by atoms with E-state index in [4.69, 9.17) is 27.7 Å². The number of ether oxygens (including phenoxy) is 1. The largest absolute Gasteiger partial charge is 0.492 e. The van der Waals surface area contributed by atoms with E-state index in [1.54, 1.807) is 80.7 Å². The number of rotatable bonds is 46. The third-order valence-electron chi connectivity index (χ3n) is 22.4. The molecule has 13 atom stereocenters. The summed E-state index contributed by atoms with van der Waals surface area (Å²) in [7, 11) is 1.84. The van der Waals surface area contributed by atoms with Crippen molar-refractivity contribution in [1.29, 1.82) is 0 Å². The number of unbranched alkanes of at least 4 members (excludes halogenated alkanes) is 4. The minimum absolute atomic E-state index is 0.0737. The van der Waals surface area contributed by atoms with Crippen LogP contribution < -0.4 is 96.8 Å². The Morgan fingerprint density at radius 2 is 1.18 bits per heavy atom. The molecule has 5 aromatic rings. The number of aryl methyl sites for hydroxylation is 1. The molecule has 0 radical (unpaired) electrons. The average molecular weight is 1860 g/mol. The second-order valence-corrected chi connectivity index (χ2v) is 38.6. The molecule has 23 N–H and O–H groups in total. The first kappa shape index (κ1) is 108. The average Bonchev–Trinajstić information content (AvgIpc) is 1.76. The van der Waals surface area contributed by atoms with E-state index in [1.807, 2.05) is 45.0 Å². The molecule has 1 aliphatic heterocycles. The molecule has 1 saturated heterocycles. The molecular weight excluding hydrogens is 1730 g/mol. The molecule has 37 nitrogen and oxygen atoms in total. The Hall–Kier alpha value is -11.5. The molecule has 0 saturated carbocycles. The van der Waals surface area contributed by atoms with Crippen LogP contribution in [0.3, 0.4) is 0 Å². The van der Waals surface area contributed by atoms with Gasteiger partial charge in [0.25, 0.3) is 0 Å². The lowest BCUT2D eigenvalue weighted by molar-refractivity contribution is -0.138. The highest BCUT2D eigenvalue weighted by Gasteiger charge is 2.47. The second-order valence-electron chi connectivity index (χ2n) is 35.1. The van der Waals surface area contributed by atoms with E-state index in [-0.39, 0.29) is 121 Å². The quantitative estimate of drug-likeness (QED) is 0.0196.